The van der Waals surface area contributed by atoms with Crippen molar-refractivity contribution < 1.29 is 14.0 Å². The van der Waals surface area contributed by atoms with Crippen LogP contribution in [0.25, 0.3) is 0 Å². The lowest BCUT2D eigenvalue weighted by Crippen LogP contribution is -2.48. The number of carbonyl (C=O) groups excluding carboxylic acids is 2. The van der Waals surface area contributed by atoms with Crippen LogP contribution >= 0.6 is 0 Å². The van der Waals surface area contributed by atoms with E-state index in [-0.39, 0.29) is 18.0 Å². The lowest BCUT2D eigenvalue weighted by Gasteiger charge is -2.33. The van der Waals surface area contributed by atoms with Crippen molar-refractivity contribution >= 4 is 17.9 Å². The van der Waals surface area contributed by atoms with Crippen LogP contribution in [-0.4, -0.2) is 43.8 Å². The molecule has 1 aliphatic rings. The second-order valence-corrected chi connectivity index (χ2v) is 4.10. The van der Waals surface area contributed by atoms with Gasteiger partial charge in [0.15, 0.2) is 0 Å². The summed E-state index contributed by atoms with van der Waals surface area (Å²) < 4.78 is 13.3. The summed E-state index contributed by atoms with van der Waals surface area (Å²) in [6.07, 6.45) is 0.602. The highest BCUT2D eigenvalue weighted by Gasteiger charge is 2.21. The van der Waals surface area contributed by atoms with Crippen LogP contribution in [0.5, 0.6) is 0 Å². The molecule has 1 amide bonds. The number of rotatable bonds is 2. The van der Waals surface area contributed by atoms with Crippen molar-refractivity contribution in [3.63, 3.8) is 0 Å². The van der Waals surface area contributed by atoms with Crippen LogP contribution in [0.2, 0.25) is 0 Å². The zero-order valence-electron chi connectivity index (χ0n) is 9.52. The molecule has 0 radical (unpaired) electrons. The van der Waals surface area contributed by atoms with Crippen molar-refractivity contribution in [2.24, 2.45) is 0 Å². The maximum absolute atomic E-state index is 13.3. The van der Waals surface area contributed by atoms with Crippen molar-refractivity contribution in [2.45, 2.75) is 0 Å². The molecule has 1 saturated heterocycles. The van der Waals surface area contributed by atoms with Gasteiger partial charge >= 0.3 is 0 Å². The van der Waals surface area contributed by atoms with Crippen molar-refractivity contribution in [2.75, 3.05) is 31.6 Å². The summed E-state index contributed by atoms with van der Waals surface area (Å²) in [7, 11) is 1.74. The fourth-order valence-corrected chi connectivity index (χ4v) is 1.83. The Labute approximate surface area is 98.6 Å². The van der Waals surface area contributed by atoms with Crippen molar-refractivity contribution in [1.29, 1.82) is 0 Å². The molecular formula is C12H13FN2O2. The largest absolute Gasteiger partial charge is 0.360 e. The summed E-state index contributed by atoms with van der Waals surface area (Å²) in [5.74, 6) is -0.468. The molecule has 0 bridgehead atoms. The third kappa shape index (κ3) is 2.43. The quantitative estimate of drug-likeness (QED) is 0.717. The molecule has 1 aromatic rings. The topological polar surface area (TPSA) is 40.6 Å². The van der Waals surface area contributed by atoms with Crippen LogP contribution in [0.15, 0.2) is 18.2 Å². The number of nitrogens with zero attached hydrogens (tertiary/aromatic N) is 2. The molecule has 1 fully saturated rings. The molecule has 0 saturated carbocycles. The van der Waals surface area contributed by atoms with Gasteiger partial charge in [0, 0.05) is 31.4 Å². The van der Waals surface area contributed by atoms with E-state index in [0.29, 0.717) is 25.1 Å². The summed E-state index contributed by atoms with van der Waals surface area (Å²) in [6, 6.07) is 4.11. The Kier molecular flexibility index (Phi) is 3.08. The summed E-state index contributed by atoms with van der Waals surface area (Å²) in [5, 5.41) is 0. The number of hydrogen-bond acceptors (Lipinski definition) is 3. The number of amides is 1. The highest BCUT2D eigenvalue weighted by molar-refractivity contribution is 5.83. The van der Waals surface area contributed by atoms with Crippen molar-refractivity contribution in [3.05, 3.63) is 29.6 Å². The van der Waals surface area contributed by atoms with Crippen LogP contribution in [0.3, 0.4) is 0 Å². The van der Waals surface area contributed by atoms with E-state index in [2.05, 4.69) is 0 Å². The number of anilines is 1. The Hall–Kier alpha value is -1.91. The van der Waals surface area contributed by atoms with E-state index in [4.69, 9.17) is 0 Å². The summed E-state index contributed by atoms with van der Waals surface area (Å²) in [4.78, 5) is 25.6. The fourth-order valence-electron chi connectivity index (χ4n) is 1.83. The number of carbonyl (C=O) groups is 2. The first-order valence-corrected chi connectivity index (χ1v) is 5.35. The number of benzene rings is 1. The first-order chi connectivity index (χ1) is 8.10. The monoisotopic (exact) mass is 236 g/mol. The molecule has 4 nitrogen and oxygen atoms in total. The van der Waals surface area contributed by atoms with Gasteiger partial charge in [0.05, 0.1) is 6.54 Å². The van der Waals surface area contributed by atoms with Crippen LogP contribution in [0.4, 0.5) is 10.1 Å². The fraction of sp³-hybridized carbons (Fsp3) is 0.333. The molecule has 90 valence electrons. The molecule has 0 aromatic heterocycles. The van der Waals surface area contributed by atoms with E-state index in [1.165, 1.54) is 12.1 Å². The van der Waals surface area contributed by atoms with Gasteiger partial charge in [0.2, 0.25) is 5.91 Å². The second-order valence-electron chi connectivity index (χ2n) is 4.10. The highest BCUT2D eigenvalue weighted by Crippen LogP contribution is 2.19. The minimum atomic E-state index is -0.462. The number of halogens is 1. The predicted molar refractivity (Wildman–Crippen MR) is 61.6 cm³/mol. The van der Waals surface area contributed by atoms with E-state index < -0.39 is 5.82 Å². The number of piperazine rings is 1. The number of likely N-dealkylation sites (N-methyl/N-ethyl adjacent to an activating group) is 1. The predicted octanol–water partition coefficient (Wildman–Crippen LogP) is 0.917. The molecule has 0 atom stereocenters. The van der Waals surface area contributed by atoms with Crippen LogP contribution in [-0.2, 0) is 4.79 Å². The molecule has 1 heterocycles. The van der Waals surface area contributed by atoms with Gasteiger partial charge in [0.1, 0.15) is 12.1 Å². The van der Waals surface area contributed by atoms with Gasteiger partial charge in [-0.15, -0.1) is 0 Å². The van der Waals surface area contributed by atoms with Gasteiger partial charge in [-0.2, -0.15) is 0 Å². The van der Waals surface area contributed by atoms with E-state index >= 15 is 0 Å². The molecule has 1 aromatic carbocycles. The lowest BCUT2D eigenvalue weighted by atomic mass is 10.1. The SMILES string of the molecule is CN1CCN(c2cc(F)cc(C=O)c2)CC1=O. The summed E-state index contributed by atoms with van der Waals surface area (Å²) in [5.41, 5.74) is 0.861. The van der Waals surface area contributed by atoms with Crippen LogP contribution in [0, 0.1) is 5.82 Å². The molecule has 0 aliphatic carbocycles. The molecule has 0 N–H and O–H groups in total. The molecule has 17 heavy (non-hydrogen) atoms. The van der Waals surface area contributed by atoms with Crippen molar-refractivity contribution in [3.8, 4) is 0 Å². The Balaban J connectivity index is 2.25. The van der Waals surface area contributed by atoms with Crippen LogP contribution in [0.1, 0.15) is 10.4 Å². The average Bonchev–Trinajstić information content (AvgIpc) is 2.32. The molecule has 0 unspecified atom stereocenters. The smallest absolute Gasteiger partial charge is 0.241 e. The minimum Gasteiger partial charge on any atom is -0.360 e. The maximum Gasteiger partial charge on any atom is 0.241 e. The number of aldehydes is 1. The van der Waals surface area contributed by atoms with Gasteiger partial charge in [-0.05, 0) is 18.2 Å². The standard InChI is InChI=1S/C12H13FN2O2/c1-14-2-3-15(7-12(14)17)11-5-9(8-16)4-10(13)6-11/h4-6,8H,2-3,7H2,1H3. The number of hydrogen-bond donors (Lipinski definition) is 0. The third-order valence-corrected chi connectivity index (χ3v) is 2.86. The molecule has 2 rings (SSSR count). The van der Waals surface area contributed by atoms with Gasteiger partial charge < -0.3 is 9.80 Å². The molecule has 1 aliphatic heterocycles. The third-order valence-electron chi connectivity index (χ3n) is 2.86. The molecule has 0 spiro atoms. The zero-order valence-corrected chi connectivity index (χ0v) is 9.52. The average molecular weight is 236 g/mol. The Morgan fingerprint density at radius 3 is 2.71 bits per heavy atom. The lowest BCUT2D eigenvalue weighted by molar-refractivity contribution is -0.129. The normalized spacial score (nSPS) is 16.2. The summed E-state index contributed by atoms with van der Waals surface area (Å²) >= 11 is 0. The van der Waals surface area contributed by atoms with E-state index in [0.717, 1.165) is 0 Å². The van der Waals surface area contributed by atoms with E-state index in [1.807, 2.05) is 0 Å². The van der Waals surface area contributed by atoms with Gasteiger partial charge in [-0.1, -0.05) is 0 Å². The molecular weight excluding hydrogens is 223 g/mol. The van der Waals surface area contributed by atoms with Gasteiger partial charge in [-0.3, -0.25) is 9.59 Å². The maximum atomic E-state index is 13.3. The Bertz CT molecular complexity index is 462. The van der Waals surface area contributed by atoms with Gasteiger partial charge in [0.25, 0.3) is 0 Å². The first-order valence-electron chi connectivity index (χ1n) is 5.35. The van der Waals surface area contributed by atoms with Crippen LogP contribution < -0.4 is 4.90 Å². The second kappa shape index (κ2) is 4.53. The van der Waals surface area contributed by atoms with E-state index in [9.17, 15) is 14.0 Å². The zero-order chi connectivity index (χ0) is 12.4. The van der Waals surface area contributed by atoms with Gasteiger partial charge in [-0.25, -0.2) is 4.39 Å². The first kappa shape index (κ1) is 11.6. The Morgan fingerprint density at radius 2 is 2.06 bits per heavy atom. The molecule has 5 heteroatoms. The summed E-state index contributed by atoms with van der Waals surface area (Å²) in [6.45, 7) is 1.47. The Morgan fingerprint density at radius 1 is 1.29 bits per heavy atom. The van der Waals surface area contributed by atoms with Crippen molar-refractivity contribution in [1.82, 2.24) is 4.90 Å². The van der Waals surface area contributed by atoms with E-state index in [1.54, 1.807) is 22.9 Å². The minimum absolute atomic E-state index is 0.00633. The highest BCUT2D eigenvalue weighted by atomic mass is 19.1.